The van der Waals surface area contributed by atoms with Crippen LogP contribution in [-0.2, 0) is 0 Å². The molecule has 1 N–H and O–H groups in total. The Bertz CT molecular complexity index is 435. The van der Waals surface area contributed by atoms with Crippen LogP contribution in [0.15, 0.2) is 30.3 Å². The van der Waals surface area contributed by atoms with E-state index >= 15 is 0 Å². The van der Waals surface area contributed by atoms with Gasteiger partial charge in [-0.3, -0.25) is 4.98 Å². The third kappa shape index (κ3) is 2.46. The molecule has 0 amide bonds. The maximum atomic E-state index is 4.48. The van der Waals surface area contributed by atoms with Crippen molar-refractivity contribution in [3.8, 4) is 0 Å². The summed E-state index contributed by atoms with van der Waals surface area (Å²) in [7, 11) is 1.92. The van der Waals surface area contributed by atoms with Gasteiger partial charge in [0.2, 0.25) is 0 Å². The van der Waals surface area contributed by atoms with Crippen LogP contribution in [0.2, 0.25) is 0 Å². The van der Waals surface area contributed by atoms with Gasteiger partial charge < -0.3 is 5.32 Å². The number of nitrogens with one attached hydrogen (secondary N) is 1. The van der Waals surface area contributed by atoms with Gasteiger partial charge in [-0.15, -0.1) is 0 Å². The van der Waals surface area contributed by atoms with Gasteiger partial charge >= 0.3 is 0 Å². The Morgan fingerprint density at radius 3 is 2.47 bits per heavy atom. The molecule has 80 valence electrons. The predicted molar refractivity (Wildman–Crippen MR) is 67.4 cm³/mol. The fraction of sp³-hybridized carbons (Fsp3) is 0.308. The first kappa shape index (κ1) is 11.5. The first-order valence-electron chi connectivity index (χ1n) is 5.35. The van der Waals surface area contributed by atoms with Gasteiger partial charge in [0.1, 0.15) is 0 Å². The highest BCUT2D eigenvalue weighted by molar-refractivity contribution is 5.82. The number of para-hydroxylation sites is 1. The van der Waals surface area contributed by atoms with Crippen molar-refractivity contribution in [1.29, 1.82) is 0 Å². The van der Waals surface area contributed by atoms with E-state index in [9.17, 15) is 0 Å². The summed E-state index contributed by atoms with van der Waals surface area (Å²) in [5, 5.41) is 4.30. The highest BCUT2D eigenvalue weighted by Gasteiger charge is 1.99. The molecular weight excluding hydrogens is 184 g/mol. The van der Waals surface area contributed by atoms with Crippen molar-refractivity contribution < 1.29 is 0 Å². The second-order valence-corrected chi connectivity index (χ2v) is 3.06. The molecule has 0 radical (unpaired) electrons. The Morgan fingerprint density at radius 1 is 1.13 bits per heavy atom. The van der Waals surface area contributed by atoms with Crippen LogP contribution in [0.5, 0.6) is 0 Å². The minimum Gasteiger partial charge on any atom is -0.387 e. The lowest BCUT2D eigenvalue weighted by Crippen LogP contribution is -1.94. The molecule has 0 atom stereocenters. The second kappa shape index (κ2) is 5.35. The number of nitrogens with zero attached hydrogens (tertiary/aromatic N) is 1. The lowest BCUT2D eigenvalue weighted by atomic mass is 10.2. The summed E-state index contributed by atoms with van der Waals surface area (Å²) < 4.78 is 0. The third-order valence-electron chi connectivity index (χ3n) is 2.18. The molecule has 0 spiro atoms. The molecule has 0 bridgehead atoms. The summed E-state index contributed by atoms with van der Waals surface area (Å²) in [6.07, 6.45) is 0. The maximum absolute atomic E-state index is 4.48. The molecule has 1 heterocycles. The van der Waals surface area contributed by atoms with Crippen LogP contribution >= 0.6 is 0 Å². The van der Waals surface area contributed by atoms with Crippen molar-refractivity contribution in [3.05, 3.63) is 36.0 Å². The zero-order valence-corrected chi connectivity index (χ0v) is 9.83. The minimum absolute atomic E-state index is 1.04. The van der Waals surface area contributed by atoms with Crippen LogP contribution in [0.1, 0.15) is 19.5 Å². The molecule has 15 heavy (non-hydrogen) atoms. The minimum atomic E-state index is 1.04. The van der Waals surface area contributed by atoms with Crippen molar-refractivity contribution in [2.24, 2.45) is 0 Å². The Balaban J connectivity index is 0.000000531. The molecule has 1 aromatic heterocycles. The summed E-state index contributed by atoms with van der Waals surface area (Å²) in [6.45, 7) is 6.01. The predicted octanol–water partition coefficient (Wildman–Crippen LogP) is 3.61. The lowest BCUT2D eigenvalue weighted by Gasteiger charge is -2.05. The zero-order valence-electron chi connectivity index (χ0n) is 9.83. The van der Waals surface area contributed by atoms with Crippen LogP contribution in [0.25, 0.3) is 10.9 Å². The van der Waals surface area contributed by atoms with E-state index in [-0.39, 0.29) is 0 Å². The molecule has 0 aliphatic heterocycles. The van der Waals surface area contributed by atoms with E-state index in [0.29, 0.717) is 0 Å². The van der Waals surface area contributed by atoms with E-state index in [1.165, 1.54) is 5.39 Å². The quantitative estimate of drug-likeness (QED) is 0.764. The molecule has 1 aromatic carbocycles. The van der Waals surface area contributed by atoms with Crippen molar-refractivity contribution in [2.45, 2.75) is 20.8 Å². The summed E-state index contributed by atoms with van der Waals surface area (Å²) >= 11 is 0. The number of aryl methyl sites for hydroxylation is 1. The van der Waals surface area contributed by atoms with Crippen molar-refractivity contribution in [1.82, 2.24) is 4.98 Å². The van der Waals surface area contributed by atoms with Gasteiger partial charge in [-0.1, -0.05) is 32.0 Å². The molecule has 2 nitrogen and oxygen atoms in total. The van der Waals surface area contributed by atoms with E-state index in [0.717, 1.165) is 16.9 Å². The fourth-order valence-corrected chi connectivity index (χ4v) is 1.47. The van der Waals surface area contributed by atoms with Crippen LogP contribution in [-0.4, -0.2) is 12.0 Å². The lowest BCUT2D eigenvalue weighted by molar-refractivity contribution is 1.24. The van der Waals surface area contributed by atoms with Crippen LogP contribution < -0.4 is 5.32 Å². The van der Waals surface area contributed by atoms with E-state index in [1.54, 1.807) is 0 Å². The molecule has 0 saturated heterocycles. The number of aromatic nitrogens is 1. The fourth-order valence-electron chi connectivity index (χ4n) is 1.47. The normalized spacial score (nSPS) is 9.33. The first-order valence-corrected chi connectivity index (χ1v) is 5.35. The standard InChI is InChI=1S/C11H12N2.C2H6/c1-8-11(12-2)7-9-5-3-4-6-10(9)13-8;1-2/h3-7,12H,1-2H3;1-2H3. The first-order chi connectivity index (χ1) is 7.31. The Kier molecular flexibility index (Phi) is 4.10. The van der Waals surface area contributed by atoms with Gasteiger partial charge in [0.15, 0.2) is 0 Å². The number of benzene rings is 1. The number of hydrogen-bond donors (Lipinski definition) is 1. The molecule has 2 heteroatoms. The van der Waals surface area contributed by atoms with E-state index < -0.39 is 0 Å². The molecule has 0 aliphatic carbocycles. The van der Waals surface area contributed by atoms with Crippen molar-refractivity contribution in [2.75, 3.05) is 12.4 Å². The number of fused-ring (bicyclic) bond motifs is 1. The van der Waals surface area contributed by atoms with Crippen molar-refractivity contribution in [3.63, 3.8) is 0 Å². The van der Waals surface area contributed by atoms with Crippen molar-refractivity contribution >= 4 is 16.6 Å². The Labute approximate surface area is 91.3 Å². The van der Waals surface area contributed by atoms with Gasteiger partial charge in [0, 0.05) is 12.4 Å². The molecule has 0 saturated carbocycles. The van der Waals surface area contributed by atoms with Gasteiger partial charge in [0.05, 0.1) is 16.9 Å². The van der Waals surface area contributed by atoms with Gasteiger partial charge in [-0.25, -0.2) is 0 Å². The second-order valence-electron chi connectivity index (χ2n) is 3.06. The topological polar surface area (TPSA) is 24.9 Å². The van der Waals surface area contributed by atoms with Gasteiger partial charge in [0.25, 0.3) is 0 Å². The largest absolute Gasteiger partial charge is 0.387 e. The molecule has 2 rings (SSSR count). The Hall–Kier alpha value is -1.57. The molecule has 2 aromatic rings. The summed E-state index contributed by atoms with van der Waals surface area (Å²) in [5.41, 5.74) is 3.19. The highest BCUT2D eigenvalue weighted by atomic mass is 14.9. The zero-order chi connectivity index (χ0) is 11.3. The summed E-state index contributed by atoms with van der Waals surface area (Å²) in [4.78, 5) is 4.48. The molecular formula is C13H18N2. The highest BCUT2D eigenvalue weighted by Crippen LogP contribution is 2.19. The number of rotatable bonds is 1. The number of anilines is 1. The maximum Gasteiger partial charge on any atom is 0.0706 e. The summed E-state index contributed by atoms with van der Waals surface area (Å²) in [5.74, 6) is 0. The van der Waals surface area contributed by atoms with Crippen LogP contribution in [0, 0.1) is 6.92 Å². The third-order valence-corrected chi connectivity index (χ3v) is 2.18. The smallest absolute Gasteiger partial charge is 0.0706 e. The van der Waals surface area contributed by atoms with Crippen LogP contribution in [0.4, 0.5) is 5.69 Å². The summed E-state index contributed by atoms with van der Waals surface area (Å²) in [6, 6.07) is 10.3. The molecule has 0 aliphatic rings. The van der Waals surface area contributed by atoms with Crippen LogP contribution in [0.3, 0.4) is 0 Å². The van der Waals surface area contributed by atoms with Gasteiger partial charge in [-0.05, 0) is 19.1 Å². The average Bonchev–Trinajstić information content (AvgIpc) is 2.31. The number of hydrogen-bond acceptors (Lipinski definition) is 2. The molecule has 0 unspecified atom stereocenters. The van der Waals surface area contributed by atoms with E-state index in [4.69, 9.17) is 0 Å². The monoisotopic (exact) mass is 202 g/mol. The van der Waals surface area contributed by atoms with Gasteiger partial charge in [-0.2, -0.15) is 0 Å². The van der Waals surface area contributed by atoms with E-state index in [2.05, 4.69) is 22.4 Å². The molecule has 0 fully saturated rings. The van der Waals surface area contributed by atoms with E-state index in [1.807, 2.05) is 46.0 Å². The average molecular weight is 202 g/mol. The SMILES string of the molecule is CC.CNc1cc2ccccc2nc1C. The Morgan fingerprint density at radius 2 is 1.80 bits per heavy atom. The number of pyridine rings is 1.